The summed E-state index contributed by atoms with van der Waals surface area (Å²) in [5.41, 5.74) is 0.167. The lowest BCUT2D eigenvalue weighted by Gasteiger charge is -1.98. The molecule has 0 spiro atoms. The van der Waals surface area contributed by atoms with Crippen molar-refractivity contribution >= 4 is 9.84 Å². The lowest BCUT2D eigenvalue weighted by molar-refractivity contribution is 0.601. The summed E-state index contributed by atoms with van der Waals surface area (Å²) < 4.78 is 22.2. The zero-order valence-electron chi connectivity index (χ0n) is 6.48. The van der Waals surface area contributed by atoms with E-state index in [0.717, 1.165) is 6.26 Å². The number of nitrogens with zero attached hydrogens (tertiary/aromatic N) is 1. The Morgan fingerprint density at radius 1 is 1.58 bits per heavy atom. The van der Waals surface area contributed by atoms with E-state index >= 15 is 0 Å². The van der Waals surface area contributed by atoms with Crippen molar-refractivity contribution < 1.29 is 8.42 Å². The average Bonchev–Trinajstić information content (AvgIpc) is 2.03. The fraction of sp³-hybridized carbons (Fsp3) is 0.125. The minimum absolute atomic E-state index is 0.104. The van der Waals surface area contributed by atoms with Crippen LogP contribution < -0.4 is 0 Å². The molecule has 0 radical (unpaired) electrons. The molecule has 0 bridgehead atoms. The van der Waals surface area contributed by atoms with Crippen LogP contribution in [0.5, 0.6) is 0 Å². The molecule has 0 aromatic carbocycles. The Labute approximate surface area is 71.4 Å². The largest absolute Gasteiger partial charge is 0.246 e. The Hall–Kier alpha value is -1.34. The van der Waals surface area contributed by atoms with Crippen molar-refractivity contribution in [2.24, 2.45) is 0 Å². The molecule has 1 rings (SSSR count). The van der Waals surface area contributed by atoms with Gasteiger partial charge in [-0.2, -0.15) is 0 Å². The van der Waals surface area contributed by atoms with Crippen molar-refractivity contribution in [1.29, 1.82) is 0 Å². The summed E-state index contributed by atoms with van der Waals surface area (Å²) in [7, 11) is -3.25. The van der Waals surface area contributed by atoms with Crippen molar-refractivity contribution in [3.63, 3.8) is 0 Å². The number of rotatable bonds is 1. The van der Waals surface area contributed by atoms with Crippen molar-refractivity contribution in [1.82, 2.24) is 4.98 Å². The van der Waals surface area contributed by atoms with Gasteiger partial charge < -0.3 is 0 Å². The average molecular weight is 181 g/mol. The molecule has 12 heavy (non-hydrogen) atoms. The molecule has 0 amide bonds. The fourth-order valence-corrected chi connectivity index (χ4v) is 1.59. The van der Waals surface area contributed by atoms with E-state index in [9.17, 15) is 8.42 Å². The van der Waals surface area contributed by atoms with E-state index in [2.05, 4.69) is 10.9 Å². The molecular formula is C8H7NO2S. The molecule has 0 unspecified atom stereocenters. The van der Waals surface area contributed by atoms with Crippen LogP contribution in [0, 0.1) is 12.3 Å². The Bertz CT molecular complexity index is 429. The smallest absolute Gasteiger partial charge is 0.178 e. The summed E-state index contributed by atoms with van der Waals surface area (Å²) in [6, 6.07) is 2.98. The van der Waals surface area contributed by atoms with Crippen LogP contribution in [0.2, 0.25) is 0 Å². The van der Waals surface area contributed by atoms with Gasteiger partial charge in [0.05, 0.1) is 0 Å². The molecule has 4 heteroatoms. The zero-order valence-corrected chi connectivity index (χ0v) is 7.30. The number of pyridine rings is 1. The van der Waals surface area contributed by atoms with E-state index < -0.39 is 9.84 Å². The molecule has 3 nitrogen and oxygen atoms in total. The maximum absolute atomic E-state index is 11.1. The molecule has 0 aliphatic carbocycles. The van der Waals surface area contributed by atoms with Gasteiger partial charge in [0.2, 0.25) is 0 Å². The Kier molecular flexibility index (Phi) is 2.15. The van der Waals surface area contributed by atoms with Gasteiger partial charge in [0.15, 0.2) is 9.84 Å². The molecule has 1 aromatic rings. The quantitative estimate of drug-likeness (QED) is 0.591. The van der Waals surface area contributed by atoms with E-state index in [1.54, 1.807) is 0 Å². The van der Waals surface area contributed by atoms with Crippen molar-refractivity contribution in [3.8, 4) is 12.3 Å². The first-order valence-corrected chi connectivity index (χ1v) is 5.06. The second-order valence-corrected chi connectivity index (χ2v) is 4.25. The van der Waals surface area contributed by atoms with E-state index in [4.69, 9.17) is 6.42 Å². The summed E-state index contributed by atoms with van der Waals surface area (Å²) in [6.07, 6.45) is 7.63. The maximum Gasteiger partial charge on any atom is 0.178 e. The third-order valence-corrected chi connectivity index (χ3v) is 2.44. The second kappa shape index (κ2) is 2.95. The molecular weight excluding hydrogens is 174 g/mol. The summed E-state index contributed by atoms with van der Waals surface area (Å²) in [6.45, 7) is 0. The Morgan fingerprint density at radius 2 is 2.25 bits per heavy atom. The highest BCUT2D eigenvalue weighted by Crippen LogP contribution is 2.10. The Balaban J connectivity index is 3.47. The monoisotopic (exact) mass is 181 g/mol. The van der Waals surface area contributed by atoms with E-state index in [1.165, 1.54) is 18.3 Å². The van der Waals surface area contributed by atoms with Gasteiger partial charge in [-0.25, -0.2) is 13.4 Å². The van der Waals surface area contributed by atoms with E-state index in [-0.39, 0.29) is 10.6 Å². The van der Waals surface area contributed by atoms with Crippen molar-refractivity contribution in [2.45, 2.75) is 4.90 Å². The van der Waals surface area contributed by atoms with Gasteiger partial charge in [-0.1, -0.05) is 0 Å². The molecule has 62 valence electrons. The molecule has 1 heterocycles. The van der Waals surface area contributed by atoms with Gasteiger partial charge in [-0.05, 0) is 18.1 Å². The first kappa shape index (κ1) is 8.75. The van der Waals surface area contributed by atoms with Gasteiger partial charge in [0.1, 0.15) is 10.6 Å². The second-order valence-electron chi connectivity index (χ2n) is 2.27. The lowest BCUT2D eigenvalue weighted by Crippen LogP contribution is -2.01. The van der Waals surface area contributed by atoms with Gasteiger partial charge in [0.25, 0.3) is 0 Å². The summed E-state index contributed by atoms with van der Waals surface area (Å²) >= 11 is 0. The third kappa shape index (κ3) is 1.63. The number of terminal acetylenes is 1. The number of sulfone groups is 1. The standard InChI is InChI=1S/C8H7NO2S/c1-3-7-8(12(2,10)11)5-4-6-9-7/h1,4-6H,2H3. The topological polar surface area (TPSA) is 47.0 Å². The normalized spacial score (nSPS) is 10.7. The molecule has 0 aliphatic rings. The van der Waals surface area contributed by atoms with Gasteiger partial charge in [-0.3, -0.25) is 0 Å². The van der Waals surface area contributed by atoms with Crippen LogP contribution >= 0.6 is 0 Å². The maximum atomic E-state index is 11.1. The SMILES string of the molecule is C#Cc1ncccc1S(C)(=O)=O. The van der Waals surface area contributed by atoms with Crippen LogP contribution in [0.4, 0.5) is 0 Å². The summed E-state index contributed by atoms with van der Waals surface area (Å²) in [4.78, 5) is 3.85. The number of hydrogen-bond acceptors (Lipinski definition) is 3. The Morgan fingerprint density at radius 3 is 2.67 bits per heavy atom. The van der Waals surface area contributed by atoms with Crippen LogP contribution in [0.25, 0.3) is 0 Å². The van der Waals surface area contributed by atoms with Gasteiger partial charge in [-0.15, -0.1) is 6.42 Å². The molecule has 0 atom stereocenters. The first-order chi connectivity index (χ1) is 5.55. The van der Waals surface area contributed by atoms with Crippen LogP contribution in [0.3, 0.4) is 0 Å². The van der Waals surface area contributed by atoms with Crippen LogP contribution in [0.1, 0.15) is 5.69 Å². The lowest BCUT2D eigenvalue weighted by atomic mass is 10.4. The van der Waals surface area contributed by atoms with E-state index in [0.29, 0.717) is 0 Å². The van der Waals surface area contributed by atoms with E-state index in [1.807, 2.05) is 0 Å². The fourth-order valence-electron chi connectivity index (χ4n) is 0.798. The van der Waals surface area contributed by atoms with Gasteiger partial charge >= 0.3 is 0 Å². The predicted molar refractivity (Wildman–Crippen MR) is 45.3 cm³/mol. The number of aromatic nitrogens is 1. The number of hydrogen-bond donors (Lipinski definition) is 0. The highest BCUT2D eigenvalue weighted by molar-refractivity contribution is 7.90. The molecule has 0 aliphatic heterocycles. The van der Waals surface area contributed by atoms with Crippen molar-refractivity contribution in [2.75, 3.05) is 6.26 Å². The summed E-state index contributed by atoms with van der Waals surface area (Å²) in [5, 5.41) is 0. The van der Waals surface area contributed by atoms with Crippen molar-refractivity contribution in [3.05, 3.63) is 24.0 Å². The minimum atomic E-state index is -3.25. The highest BCUT2D eigenvalue weighted by atomic mass is 32.2. The third-order valence-electron chi connectivity index (χ3n) is 1.31. The minimum Gasteiger partial charge on any atom is -0.246 e. The predicted octanol–water partition coefficient (Wildman–Crippen LogP) is 0.466. The van der Waals surface area contributed by atoms with Crippen LogP contribution in [-0.4, -0.2) is 19.7 Å². The van der Waals surface area contributed by atoms with Gasteiger partial charge in [0, 0.05) is 12.5 Å². The molecule has 1 aromatic heterocycles. The zero-order chi connectivity index (χ0) is 9.19. The molecule has 0 fully saturated rings. The first-order valence-electron chi connectivity index (χ1n) is 3.17. The molecule has 0 saturated carbocycles. The summed E-state index contributed by atoms with van der Waals surface area (Å²) in [5.74, 6) is 2.21. The molecule has 0 N–H and O–H groups in total. The van der Waals surface area contributed by atoms with Crippen LogP contribution in [0.15, 0.2) is 23.2 Å². The highest BCUT2D eigenvalue weighted by Gasteiger charge is 2.11. The molecule has 0 saturated heterocycles. The van der Waals surface area contributed by atoms with Crippen LogP contribution in [-0.2, 0) is 9.84 Å².